The Morgan fingerprint density at radius 1 is 1.40 bits per heavy atom. The van der Waals surface area contributed by atoms with Gasteiger partial charge in [-0.3, -0.25) is 9.59 Å². The van der Waals surface area contributed by atoms with Gasteiger partial charge in [0.15, 0.2) is 0 Å². The Bertz CT molecular complexity index is 811. The van der Waals surface area contributed by atoms with Gasteiger partial charge in [-0.2, -0.15) is 0 Å². The zero-order valence-corrected chi connectivity index (χ0v) is 15.3. The highest BCUT2D eigenvalue weighted by molar-refractivity contribution is 6.31. The van der Waals surface area contributed by atoms with Gasteiger partial charge < -0.3 is 14.3 Å². The largest absolute Gasteiger partial charge is 0.361 e. The van der Waals surface area contributed by atoms with E-state index in [0.29, 0.717) is 41.5 Å². The first-order valence-electron chi connectivity index (χ1n) is 8.15. The van der Waals surface area contributed by atoms with Crippen molar-refractivity contribution in [1.82, 2.24) is 10.1 Å². The van der Waals surface area contributed by atoms with Gasteiger partial charge in [-0.25, -0.2) is 0 Å². The van der Waals surface area contributed by atoms with Gasteiger partial charge >= 0.3 is 0 Å². The maximum absolute atomic E-state index is 13.0. The fraction of sp³-hybridized carbons (Fsp3) is 0.389. The van der Waals surface area contributed by atoms with Crippen molar-refractivity contribution in [2.45, 2.75) is 33.2 Å². The van der Waals surface area contributed by atoms with Gasteiger partial charge in [0.1, 0.15) is 5.76 Å². The van der Waals surface area contributed by atoms with Crippen LogP contribution in [0.3, 0.4) is 0 Å². The molecule has 1 aromatic carbocycles. The third-order valence-electron chi connectivity index (χ3n) is 4.48. The van der Waals surface area contributed by atoms with Crippen molar-refractivity contribution in [3.63, 3.8) is 0 Å². The van der Waals surface area contributed by atoms with Crippen molar-refractivity contribution in [3.8, 4) is 0 Å². The van der Waals surface area contributed by atoms with Crippen LogP contribution in [-0.2, 0) is 11.3 Å². The summed E-state index contributed by atoms with van der Waals surface area (Å²) in [5.41, 5.74) is 2.70. The van der Waals surface area contributed by atoms with Crippen LogP contribution < -0.4 is 4.90 Å². The first kappa shape index (κ1) is 17.5. The molecule has 0 aliphatic carbocycles. The Labute approximate surface area is 151 Å². The number of aromatic nitrogens is 1. The monoisotopic (exact) mass is 361 g/mol. The molecule has 1 saturated heterocycles. The van der Waals surface area contributed by atoms with Crippen molar-refractivity contribution in [1.29, 1.82) is 0 Å². The van der Waals surface area contributed by atoms with E-state index in [1.54, 1.807) is 35.0 Å². The number of amides is 2. The van der Waals surface area contributed by atoms with E-state index in [9.17, 15) is 9.59 Å². The highest BCUT2D eigenvalue weighted by atomic mass is 35.5. The molecule has 132 valence electrons. The van der Waals surface area contributed by atoms with Gasteiger partial charge in [-0.1, -0.05) is 16.8 Å². The molecule has 1 aliphatic rings. The van der Waals surface area contributed by atoms with E-state index < -0.39 is 0 Å². The Balaban J connectivity index is 1.90. The average Bonchev–Trinajstić information content (AvgIpc) is 3.14. The molecule has 2 amide bonds. The third-order valence-corrected chi connectivity index (χ3v) is 4.71. The molecular weight excluding hydrogens is 342 g/mol. The van der Waals surface area contributed by atoms with Gasteiger partial charge in [0, 0.05) is 30.6 Å². The normalized spacial score (nSPS) is 14.2. The van der Waals surface area contributed by atoms with Crippen LogP contribution in [-0.4, -0.2) is 35.5 Å². The molecule has 0 bridgehead atoms. The van der Waals surface area contributed by atoms with Gasteiger partial charge in [0.25, 0.3) is 5.91 Å². The molecule has 0 saturated carbocycles. The maximum atomic E-state index is 13.0. The molecule has 0 radical (unpaired) electrons. The number of hydrogen-bond donors (Lipinski definition) is 0. The van der Waals surface area contributed by atoms with Crippen molar-refractivity contribution in [2.75, 3.05) is 18.5 Å². The number of rotatable bonds is 4. The van der Waals surface area contributed by atoms with Crippen LogP contribution in [0.2, 0.25) is 5.02 Å². The summed E-state index contributed by atoms with van der Waals surface area (Å²) in [7, 11) is 1.72. The zero-order valence-electron chi connectivity index (χ0n) is 14.5. The molecule has 25 heavy (non-hydrogen) atoms. The molecule has 0 atom stereocenters. The standard InChI is InChI=1S/C18H20ClN3O3/c1-11-15(12(2)25-20-11)10-21(3)18(24)14-7-6-13(19)9-16(14)22-8-4-5-17(22)23/h6-7,9H,4-5,8,10H2,1-3H3. The molecule has 1 aliphatic heterocycles. The van der Waals surface area contributed by atoms with Crippen molar-refractivity contribution < 1.29 is 14.1 Å². The van der Waals surface area contributed by atoms with Crippen LogP contribution in [0.15, 0.2) is 22.7 Å². The van der Waals surface area contributed by atoms with Crippen LogP contribution >= 0.6 is 11.6 Å². The minimum absolute atomic E-state index is 0.0182. The van der Waals surface area contributed by atoms with Crippen molar-refractivity contribution >= 4 is 29.1 Å². The molecule has 0 unspecified atom stereocenters. The van der Waals surface area contributed by atoms with E-state index >= 15 is 0 Å². The molecule has 0 spiro atoms. The fourth-order valence-corrected chi connectivity index (χ4v) is 3.22. The van der Waals surface area contributed by atoms with E-state index in [2.05, 4.69) is 5.16 Å². The Morgan fingerprint density at radius 3 is 2.76 bits per heavy atom. The van der Waals surface area contributed by atoms with Gasteiger partial charge in [0.2, 0.25) is 5.91 Å². The van der Waals surface area contributed by atoms with E-state index in [4.69, 9.17) is 16.1 Å². The number of halogens is 1. The van der Waals surface area contributed by atoms with Crippen molar-refractivity contribution in [3.05, 3.63) is 45.8 Å². The molecule has 2 heterocycles. The first-order valence-corrected chi connectivity index (χ1v) is 8.53. The summed E-state index contributed by atoms with van der Waals surface area (Å²) in [6.07, 6.45) is 1.28. The summed E-state index contributed by atoms with van der Waals surface area (Å²) in [6.45, 7) is 4.66. The zero-order chi connectivity index (χ0) is 18.1. The number of hydrogen-bond acceptors (Lipinski definition) is 4. The van der Waals surface area contributed by atoms with Crippen LogP contribution in [0.1, 0.15) is 40.2 Å². The summed E-state index contributed by atoms with van der Waals surface area (Å²) < 4.78 is 5.16. The highest BCUT2D eigenvalue weighted by Gasteiger charge is 2.27. The summed E-state index contributed by atoms with van der Waals surface area (Å²) in [5.74, 6) is 0.541. The lowest BCUT2D eigenvalue weighted by molar-refractivity contribution is -0.117. The minimum atomic E-state index is -0.175. The van der Waals surface area contributed by atoms with Gasteiger partial charge in [-0.05, 0) is 38.5 Å². The number of carbonyl (C=O) groups is 2. The van der Waals surface area contributed by atoms with E-state index in [1.165, 1.54) is 0 Å². The minimum Gasteiger partial charge on any atom is -0.361 e. The second kappa shape index (κ2) is 6.88. The number of aryl methyl sites for hydroxylation is 2. The number of benzene rings is 1. The second-order valence-corrected chi connectivity index (χ2v) is 6.71. The highest BCUT2D eigenvalue weighted by Crippen LogP contribution is 2.30. The summed E-state index contributed by atoms with van der Waals surface area (Å²) >= 11 is 6.10. The first-order chi connectivity index (χ1) is 11.9. The molecule has 2 aromatic rings. The van der Waals surface area contributed by atoms with E-state index in [1.807, 2.05) is 13.8 Å². The average molecular weight is 362 g/mol. The van der Waals surface area contributed by atoms with Gasteiger partial charge in [0.05, 0.1) is 23.5 Å². The molecular formula is C18H20ClN3O3. The van der Waals surface area contributed by atoms with Crippen LogP contribution in [0.5, 0.6) is 0 Å². The summed E-state index contributed by atoms with van der Waals surface area (Å²) in [6, 6.07) is 5.03. The lowest BCUT2D eigenvalue weighted by atomic mass is 10.1. The summed E-state index contributed by atoms with van der Waals surface area (Å²) in [5, 5.41) is 4.42. The smallest absolute Gasteiger partial charge is 0.256 e. The maximum Gasteiger partial charge on any atom is 0.256 e. The molecule has 0 N–H and O–H groups in total. The Hall–Kier alpha value is -2.34. The number of nitrogens with zero attached hydrogens (tertiary/aromatic N) is 3. The molecule has 3 rings (SSSR count). The Kier molecular flexibility index (Phi) is 4.81. The predicted molar refractivity (Wildman–Crippen MR) is 94.8 cm³/mol. The lowest BCUT2D eigenvalue weighted by Crippen LogP contribution is -2.31. The lowest BCUT2D eigenvalue weighted by Gasteiger charge is -2.23. The fourth-order valence-electron chi connectivity index (χ4n) is 3.05. The number of anilines is 1. The summed E-state index contributed by atoms with van der Waals surface area (Å²) in [4.78, 5) is 28.3. The third kappa shape index (κ3) is 3.39. The second-order valence-electron chi connectivity index (χ2n) is 6.27. The molecule has 7 heteroatoms. The molecule has 1 aromatic heterocycles. The quantitative estimate of drug-likeness (QED) is 0.837. The molecule has 1 fully saturated rings. The van der Waals surface area contributed by atoms with Crippen LogP contribution in [0.25, 0.3) is 0 Å². The van der Waals surface area contributed by atoms with E-state index in [-0.39, 0.29) is 11.8 Å². The van der Waals surface area contributed by atoms with E-state index in [0.717, 1.165) is 17.7 Å². The Morgan fingerprint density at radius 2 is 2.16 bits per heavy atom. The van der Waals surface area contributed by atoms with Crippen LogP contribution in [0, 0.1) is 13.8 Å². The van der Waals surface area contributed by atoms with Crippen LogP contribution in [0.4, 0.5) is 5.69 Å². The topological polar surface area (TPSA) is 66.7 Å². The van der Waals surface area contributed by atoms with Gasteiger partial charge in [-0.15, -0.1) is 0 Å². The number of carbonyl (C=O) groups excluding carboxylic acids is 2. The SMILES string of the molecule is Cc1noc(C)c1CN(C)C(=O)c1ccc(Cl)cc1N1CCCC1=O. The van der Waals surface area contributed by atoms with Crippen molar-refractivity contribution in [2.24, 2.45) is 0 Å². The predicted octanol–water partition coefficient (Wildman–Crippen LogP) is 3.34. The molecule has 6 nitrogen and oxygen atoms in total.